The minimum atomic E-state index is -3.20. The van der Waals surface area contributed by atoms with Gasteiger partial charge in [-0.05, 0) is 12.1 Å². The molecular formula is C10H7F3O4. The summed E-state index contributed by atoms with van der Waals surface area (Å²) in [5, 5.41) is 8.52. The zero-order valence-corrected chi connectivity index (χ0v) is 8.32. The first kappa shape index (κ1) is 13.0. The fourth-order valence-corrected chi connectivity index (χ4v) is 1.23. The summed E-state index contributed by atoms with van der Waals surface area (Å²) in [5.74, 6) is -3.18. The monoisotopic (exact) mass is 248 g/mol. The van der Waals surface area contributed by atoms with E-state index in [9.17, 15) is 22.8 Å². The van der Waals surface area contributed by atoms with Gasteiger partial charge in [0.2, 0.25) is 0 Å². The number of hydrogen-bond donors (Lipinski definition) is 1. The van der Waals surface area contributed by atoms with Crippen molar-refractivity contribution in [3.63, 3.8) is 0 Å². The number of aldehydes is 1. The Hall–Kier alpha value is -2.05. The van der Waals surface area contributed by atoms with Crippen LogP contribution in [0.15, 0.2) is 12.1 Å². The van der Waals surface area contributed by atoms with E-state index in [1.807, 2.05) is 0 Å². The number of carboxylic acids is 1. The molecule has 0 fully saturated rings. The molecule has 0 aliphatic rings. The molecule has 0 aromatic heterocycles. The van der Waals surface area contributed by atoms with Gasteiger partial charge in [0.05, 0.1) is 12.0 Å². The number of ether oxygens (including phenoxy) is 1. The highest BCUT2D eigenvalue weighted by molar-refractivity contribution is 5.78. The van der Waals surface area contributed by atoms with Gasteiger partial charge >= 0.3 is 12.6 Å². The molecule has 7 heteroatoms. The lowest BCUT2D eigenvalue weighted by Gasteiger charge is -2.11. The molecule has 92 valence electrons. The summed E-state index contributed by atoms with van der Waals surface area (Å²) in [6, 6.07) is 1.86. The molecular weight excluding hydrogens is 241 g/mol. The molecule has 0 radical (unpaired) electrons. The van der Waals surface area contributed by atoms with E-state index in [1.54, 1.807) is 0 Å². The van der Waals surface area contributed by atoms with Crippen molar-refractivity contribution in [1.82, 2.24) is 0 Å². The van der Waals surface area contributed by atoms with Crippen LogP contribution in [-0.4, -0.2) is 24.0 Å². The number of halogens is 3. The molecule has 1 aromatic rings. The van der Waals surface area contributed by atoms with Gasteiger partial charge < -0.3 is 9.84 Å². The molecule has 1 N–H and O–H groups in total. The Kier molecular flexibility index (Phi) is 4.08. The molecule has 0 aliphatic heterocycles. The summed E-state index contributed by atoms with van der Waals surface area (Å²) in [7, 11) is 0. The van der Waals surface area contributed by atoms with Gasteiger partial charge in [-0.1, -0.05) is 0 Å². The second kappa shape index (κ2) is 5.33. The second-order valence-corrected chi connectivity index (χ2v) is 3.01. The SMILES string of the molecule is O=Cc1ccc(OC(F)F)c(CC(=O)O)c1F. The number of aliphatic carboxylic acids is 1. The van der Waals surface area contributed by atoms with Gasteiger partial charge in [-0.25, -0.2) is 4.39 Å². The maximum absolute atomic E-state index is 13.5. The van der Waals surface area contributed by atoms with E-state index in [0.717, 1.165) is 12.1 Å². The molecule has 0 amide bonds. The molecule has 0 bridgehead atoms. The third-order valence-corrected chi connectivity index (χ3v) is 1.90. The number of hydrogen-bond acceptors (Lipinski definition) is 3. The van der Waals surface area contributed by atoms with Crippen molar-refractivity contribution >= 4 is 12.3 Å². The summed E-state index contributed by atoms with van der Waals surface area (Å²) in [6.45, 7) is -3.20. The van der Waals surface area contributed by atoms with Gasteiger partial charge in [-0.3, -0.25) is 9.59 Å². The molecule has 4 nitrogen and oxygen atoms in total. The molecule has 0 heterocycles. The predicted molar refractivity (Wildman–Crippen MR) is 49.8 cm³/mol. The van der Waals surface area contributed by atoms with Crippen LogP contribution < -0.4 is 4.74 Å². The third kappa shape index (κ3) is 3.20. The van der Waals surface area contributed by atoms with Crippen LogP contribution >= 0.6 is 0 Å². The largest absolute Gasteiger partial charge is 0.481 e. The highest BCUT2D eigenvalue weighted by Gasteiger charge is 2.19. The van der Waals surface area contributed by atoms with Gasteiger partial charge in [0.15, 0.2) is 6.29 Å². The smallest absolute Gasteiger partial charge is 0.387 e. The average Bonchev–Trinajstić information content (AvgIpc) is 2.22. The maximum Gasteiger partial charge on any atom is 0.387 e. The Morgan fingerprint density at radius 1 is 1.47 bits per heavy atom. The van der Waals surface area contributed by atoms with Crippen LogP contribution in [0.4, 0.5) is 13.2 Å². The van der Waals surface area contributed by atoms with Gasteiger partial charge in [0.1, 0.15) is 11.6 Å². The Labute approximate surface area is 93.6 Å². The van der Waals surface area contributed by atoms with E-state index >= 15 is 0 Å². The molecule has 0 aliphatic carbocycles. The van der Waals surface area contributed by atoms with Gasteiger partial charge in [0, 0.05) is 5.56 Å². The highest BCUT2D eigenvalue weighted by Crippen LogP contribution is 2.26. The van der Waals surface area contributed by atoms with E-state index in [4.69, 9.17) is 5.11 Å². The van der Waals surface area contributed by atoms with Crippen LogP contribution in [0.5, 0.6) is 5.75 Å². The van der Waals surface area contributed by atoms with Gasteiger partial charge in [-0.2, -0.15) is 8.78 Å². The lowest BCUT2D eigenvalue weighted by Crippen LogP contribution is -2.10. The summed E-state index contributed by atoms with van der Waals surface area (Å²) >= 11 is 0. The van der Waals surface area contributed by atoms with Crippen molar-refractivity contribution in [3.8, 4) is 5.75 Å². The molecule has 1 aromatic carbocycles. The number of carbonyl (C=O) groups excluding carboxylic acids is 1. The first-order valence-corrected chi connectivity index (χ1v) is 4.39. The zero-order valence-electron chi connectivity index (χ0n) is 8.32. The van der Waals surface area contributed by atoms with Crippen molar-refractivity contribution in [3.05, 3.63) is 29.1 Å². The van der Waals surface area contributed by atoms with Gasteiger partial charge in [0.25, 0.3) is 0 Å². The number of benzene rings is 1. The number of carboxylic acid groups (broad SMARTS) is 1. The summed E-state index contributed by atoms with van der Waals surface area (Å²) in [6.07, 6.45) is -0.692. The van der Waals surface area contributed by atoms with E-state index in [-0.39, 0.29) is 6.29 Å². The van der Waals surface area contributed by atoms with Crippen LogP contribution in [0.1, 0.15) is 15.9 Å². The van der Waals surface area contributed by atoms with E-state index in [2.05, 4.69) is 4.74 Å². The summed E-state index contributed by atoms with van der Waals surface area (Å²) in [5.41, 5.74) is -0.995. The third-order valence-electron chi connectivity index (χ3n) is 1.90. The van der Waals surface area contributed by atoms with Crippen molar-refractivity contribution < 1.29 is 32.6 Å². The van der Waals surface area contributed by atoms with Gasteiger partial charge in [-0.15, -0.1) is 0 Å². The average molecular weight is 248 g/mol. The lowest BCUT2D eigenvalue weighted by molar-refractivity contribution is -0.136. The fourth-order valence-electron chi connectivity index (χ4n) is 1.23. The molecule has 17 heavy (non-hydrogen) atoms. The molecule has 0 atom stereocenters. The predicted octanol–water partition coefficient (Wildman–Crippen LogP) is 1.87. The normalized spacial score (nSPS) is 10.4. The van der Waals surface area contributed by atoms with Crippen molar-refractivity contribution in [2.45, 2.75) is 13.0 Å². The molecule has 0 unspecified atom stereocenters. The van der Waals surface area contributed by atoms with Crippen LogP contribution in [0, 0.1) is 5.82 Å². The first-order valence-electron chi connectivity index (χ1n) is 4.39. The maximum atomic E-state index is 13.5. The van der Waals surface area contributed by atoms with E-state index < -0.39 is 41.7 Å². The summed E-state index contributed by atoms with van der Waals surface area (Å²) < 4.78 is 41.5. The Balaban J connectivity index is 3.24. The van der Waals surface area contributed by atoms with E-state index in [0.29, 0.717) is 0 Å². The standard InChI is InChI=1S/C10H7F3O4/c11-9-5(4-14)1-2-7(17-10(12)13)6(9)3-8(15)16/h1-2,4,10H,3H2,(H,15,16). The fraction of sp³-hybridized carbons (Fsp3) is 0.200. The summed E-state index contributed by atoms with van der Waals surface area (Å²) in [4.78, 5) is 20.9. The lowest BCUT2D eigenvalue weighted by atomic mass is 10.1. The molecule has 0 saturated heterocycles. The Morgan fingerprint density at radius 3 is 2.59 bits per heavy atom. The topological polar surface area (TPSA) is 63.6 Å². The van der Waals surface area contributed by atoms with Crippen LogP contribution in [-0.2, 0) is 11.2 Å². The van der Waals surface area contributed by atoms with Crippen molar-refractivity contribution in [2.75, 3.05) is 0 Å². The number of rotatable bonds is 5. The Bertz CT molecular complexity index is 445. The van der Waals surface area contributed by atoms with Crippen LogP contribution in [0.2, 0.25) is 0 Å². The first-order chi connectivity index (χ1) is 7.95. The quantitative estimate of drug-likeness (QED) is 0.808. The molecule has 0 saturated carbocycles. The molecule has 1 rings (SSSR count). The number of carbonyl (C=O) groups is 2. The Morgan fingerprint density at radius 2 is 2.12 bits per heavy atom. The number of alkyl halides is 2. The molecule has 0 spiro atoms. The van der Waals surface area contributed by atoms with Crippen LogP contribution in [0.25, 0.3) is 0 Å². The van der Waals surface area contributed by atoms with Crippen LogP contribution in [0.3, 0.4) is 0 Å². The highest BCUT2D eigenvalue weighted by atomic mass is 19.3. The van der Waals surface area contributed by atoms with E-state index in [1.165, 1.54) is 0 Å². The van der Waals surface area contributed by atoms with Crippen molar-refractivity contribution in [2.24, 2.45) is 0 Å². The minimum absolute atomic E-state index is 0.160. The second-order valence-electron chi connectivity index (χ2n) is 3.01. The zero-order chi connectivity index (χ0) is 13.0. The van der Waals surface area contributed by atoms with Crippen molar-refractivity contribution in [1.29, 1.82) is 0 Å². The minimum Gasteiger partial charge on any atom is -0.481 e.